The summed E-state index contributed by atoms with van der Waals surface area (Å²) in [5.74, 6) is 0.254. The lowest BCUT2D eigenvalue weighted by atomic mass is 9.91. The van der Waals surface area contributed by atoms with Crippen molar-refractivity contribution in [1.82, 2.24) is 4.90 Å². The predicted octanol–water partition coefficient (Wildman–Crippen LogP) is 4.09. The average molecular weight is 257 g/mol. The van der Waals surface area contributed by atoms with E-state index in [-0.39, 0.29) is 11.3 Å². The monoisotopic (exact) mass is 257 g/mol. The molecule has 2 heteroatoms. The van der Waals surface area contributed by atoms with Crippen LogP contribution in [0.2, 0.25) is 0 Å². The zero-order chi connectivity index (χ0) is 13.9. The number of hydrogen-bond donors (Lipinski definition) is 0. The molecule has 1 aliphatic heterocycles. The van der Waals surface area contributed by atoms with Crippen molar-refractivity contribution >= 4 is 11.6 Å². The number of carbonyl (C=O) groups excluding carboxylic acids is 1. The Hall–Kier alpha value is -1.57. The second-order valence-corrected chi connectivity index (χ2v) is 6.37. The molecule has 0 aliphatic carbocycles. The molecule has 0 bridgehead atoms. The van der Waals surface area contributed by atoms with E-state index in [1.54, 1.807) is 0 Å². The maximum absolute atomic E-state index is 12.0. The topological polar surface area (TPSA) is 20.3 Å². The highest BCUT2D eigenvalue weighted by Gasteiger charge is 2.24. The third kappa shape index (κ3) is 3.69. The van der Waals surface area contributed by atoms with Gasteiger partial charge in [-0.25, -0.2) is 0 Å². The third-order valence-electron chi connectivity index (χ3n) is 3.34. The van der Waals surface area contributed by atoms with Gasteiger partial charge in [0.2, 0.25) is 5.91 Å². The van der Waals surface area contributed by atoms with Crippen LogP contribution in [-0.4, -0.2) is 17.4 Å². The van der Waals surface area contributed by atoms with Crippen molar-refractivity contribution in [3.8, 4) is 0 Å². The molecule has 0 spiro atoms. The lowest BCUT2D eigenvalue weighted by Gasteiger charge is -2.23. The molecule has 1 aromatic rings. The Morgan fingerprint density at radius 2 is 1.95 bits per heavy atom. The molecule has 0 aromatic heterocycles. The summed E-state index contributed by atoms with van der Waals surface area (Å²) >= 11 is 0. The van der Waals surface area contributed by atoms with Gasteiger partial charge in [-0.15, -0.1) is 0 Å². The number of nitrogens with zero attached hydrogens (tertiary/aromatic N) is 1. The molecule has 1 saturated heterocycles. The highest BCUT2D eigenvalue weighted by molar-refractivity contribution is 5.88. The number of rotatable bonds is 3. The van der Waals surface area contributed by atoms with Crippen molar-refractivity contribution in [2.45, 2.75) is 40.0 Å². The van der Waals surface area contributed by atoms with E-state index in [2.05, 4.69) is 39.0 Å². The molecule has 1 fully saturated rings. The molecule has 0 N–H and O–H groups in total. The van der Waals surface area contributed by atoms with E-state index in [0.717, 1.165) is 30.6 Å². The van der Waals surface area contributed by atoms with Gasteiger partial charge in [0.15, 0.2) is 0 Å². The molecular weight excluding hydrogens is 234 g/mol. The third-order valence-corrected chi connectivity index (χ3v) is 3.34. The summed E-state index contributed by atoms with van der Waals surface area (Å²) in [5.41, 5.74) is 2.46. The van der Waals surface area contributed by atoms with Crippen molar-refractivity contribution in [2.24, 2.45) is 5.41 Å². The van der Waals surface area contributed by atoms with Crippen LogP contribution in [0.25, 0.3) is 5.70 Å². The van der Waals surface area contributed by atoms with E-state index in [1.807, 2.05) is 23.1 Å². The average Bonchev–Trinajstić information content (AvgIpc) is 2.76. The minimum absolute atomic E-state index is 0.239. The van der Waals surface area contributed by atoms with Gasteiger partial charge in [0, 0.05) is 18.7 Å². The molecule has 0 atom stereocenters. The first kappa shape index (κ1) is 13.9. The largest absolute Gasteiger partial charge is 0.312 e. The minimum Gasteiger partial charge on any atom is -0.312 e. The summed E-state index contributed by atoms with van der Waals surface area (Å²) < 4.78 is 0. The quantitative estimate of drug-likeness (QED) is 0.798. The number of likely N-dealkylation sites (tertiary alicyclic amines) is 1. The lowest BCUT2D eigenvalue weighted by molar-refractivity contribution is -0.124. The summed E-state index contributed by atoms with van der Waals surface area (Å²) in [5, 5.41) is 0. The molecule has 1 amide bonds. The molecule has 1 aromatic carbocycles. The molecule has 19 heavy (non-hydrogen) atoms. The van der Waals surface area contributed by atoms with Crippen molar-refractivity contribution in [3.05, 3.63) is 42.0 Å². The molecule has 102 valence electrons. The summed E-state index contributed by atoms with van der Waals surface area (Å²) in [6.07, 6.45) is 4.85. The Bertz CT molecular complexity index is 468. The molecule has 0 saturated carbocycles. The van der Waals surface area contributed by atoms with Gasteiger partial charge in [0.05, 0.1) is 0 Å². The molecule has 2 nitrogen and oxygen atoms in total. The van der Waals surface area contributed by atoms with E-state index in [9.17, 15) is 4.79 Å². The normalized spacial score (nSPS) is 17.1. The fourth-order valence-corrected chi connectivity index (χ4v) is 2.30. The molecule has 0 radical (unpaired) electrons. The Morgan fingerprint density at radius 3 is 2.47 bits per heavy atom. The summed E-state index contributed by atoms with van der Waals surface area (Å²) in [6.45, 7) is 7.51. The second kappa shape index (κ2) is 5.60. The number of allylic oxidation sites excluding steroid dienone is 1. The lowest BCUT2D eigenvalue weighted by Crippen LogP contribution is -2.23. The Morgan fingerprint density at radius 1 is 1.26 bits per heavy atom. The van der Waals surface area contributed by atoms with Crippen LogP contribution in [-0.2, 0) is 4.79 Å². The van der Waals surface area contributed by atoms with Crippen LogP contribution in [0, 0.1) is 5.41 Å². The maximum atomic E-state index is 12.0. The first-order valence-corrected chi connectivity index (χ1v) is 7.03. The van der Waals surface area contributed by atoms with Crippen molar-refractivity contribution in [1.29, 1.82) is 0 Å². The molecule has 0 unspecified atom stereocenters. The molecule has 2 rings (SSSR count). The SMILES string of the molecule is CC(C)(C)C/C=C(/c1ccccc1)N1CCCC1=O. The van der Waals surface area contributed by atoms with Gasteiger partial charge in [-0.05, 0) is 23.8 Å². The molecule has 1 aliphatic rings. The number of benzene rings is 1. The van der Waals surface area contributed by atoms with Gasteiger partial charge in [0.25, 0.3) is 0 Å². The number of amides is 1. The fraction of sp³-hybridized carbons (Fsp3) is 0.471. The fourth-order valence-electron chi connectivity index (χ4n) is 2.30. The number of hydrogen-bond acceptors (Lipinski definition) is 1. The van der Waals surface area contributed by atoms with Gasteiger partial charge in [-0.3, -0.25) is 4.79 Å². The molecule has 1 heterocycles. The minimum atomic E-state index is 0.239. The zero-order valence-electron chi connectivity index (χ0n) is 12.1. The van der Waals surface area contributed by atoms with Crippen molar-refractivity contribution < 1.29 is 4.79 Å². The maximum Gasteiger partial charge on any atom is 0.227 e. The molecular formula is C17H23NO. The Kier molecular flexibility index (Phi) is 4.08. The van der Waals surface area contributed by atoms with E-state index >= 15 is 0 Å². The first-order chi connectivity index (χ1) is 8.97. The highest BCUT2D eigenvalue weighted by atomic mass is 16.2. The van der Waals surface area contributed by atoms with Crippen LogP contribution >= 0.6 is 0 Å². The van der Waals surface area contributed by atoms with E-state index in [1.165, 1.54) is 0 Å². The highest BCUT2D eigenvalue weighted by Crippen LogP contribution is 2.28. The van der Waals surface area contributed by atoms with Gasteiger partial charge < -0.3 is 4.90 Å². The zero-order valence-corrected chi connectivity index (χ0v) is 12.1. The van der Waals surface area contributed by atoms with Crippen LogP contribution in [0.5, 0.6) is 0 Å². The van der Waals surface area contributed by atoms with Crippen LogP contribution in [0.4, 0.5) is 0 Å². The summed E-state index contributed by atoms with van der Waals surface area (Å²) in [7, 11) is 0. The summed E-state index contributed by atoms with van der Waals surface area (Å²) in [4.78, 5) is 13.9. The van der Waals surface area contributed by atoms with Gasteiger partial charge in [-0.1, -0.05) is 57.2 Å². The number of carbonyl (C=O) groups is 1. The van der Waals surface area contributed by atoms with E-state index < -0.39 is 0 Å². The van der Waals surface area contributed by atoms with E-state index in [4.69, 9.17) is 0 Å². The van der Waals surface area contributed by atoms with Crippen molar-refractivity contribution in [3.63, 3.8) is 0 Å². The van der Waals surface area contributed by atoms with Crippen LogP contribution in [0.3, 0.4) is 0 Å². The van der Waals surface area contributed by atoms with Crippen molar-refractivity contribution in [2.75, 3.05) is 6.54 Å². The first-order valence-electron chi connectivity index (χ1n) is 7.03. The van der Waals surface area contributed by atoms with Gasteiger partial charge in [0.1, 0.15) is 0 Å². The van der Waals surface area contributed by atoms with Gasteiger partial charge in [-0.2, -0.15) is 0 Å². The Labute approximate surface area is 116 Å². The predicted molar refractivity (Wildman–Crippen MR) is 79.4 cm³/mol. The summed E-state index contributed by atoms with van der Waals surface area (Å²) in [6, 6.07) is 10.2. The van der Waals surface area contributed by atoms with Crippen LogP contribution in [0.15, 0.2) is 36.4 Å². The van der Waals surface area contributed by atoms with E-state index in [0.29, 0.717) is 6.42 Å². The van der Waals surface area contributed by atoms with Crippen LogP contribution in [0.1, 0.15) is 45.6 Å². The standard InChI is InChI=1S/C17H23NO/c1-17(2,3)12-11-15(14-8-5-4-6-9-14)18-13-7-10-16(18)19/h4-6,8-9,11H,7,10,12-13H2,1-3H3/b15-11-. The van der Waals surface area contributed by atoms with Gasteiger partial charge >= 0.3 is 0 Å². The van der Waals surface area contributed by atoms with Crippen LogP contribution < -0.4 is 0 Å². The Balaban J connectivity index is 2.31. The second-order valence-electron chi connectivity index (χ2n) is 6.37. The smallest absolute Gasteiger partial charge is 0.227 e.